The first kappa shape index (κ1) is 31.6. The number of aliphatic hydroxyl groups excluding tert-OH is 1. The number of carbonyl (C=O) groups excluding carboxylic acids is 2. The van der Waals surface area contributed by atoms with Gasteiger partial charge in [0.1, 0.15) is 6.10 Å². The minimum atomic E-state index is -6.86. The minimum absolute atomic E-state index is 0.251. The number of halogens is 6. The van der Waals surface area contributed by atoms with Crippen LogP contribution in [0.2, 0.25) is 0 Å². The molecule has 1 saturated heterocycles. The van der Waals surface area contributed by atoms with E-state index in [0.29, 0.717) is 6.42 Å². The molecule has 1 aliphatic rings. The van der Waals surface area contributed by atoms with E-state index in [0.717, 1.165) is 4.90 Å². The fraction of sp³-hybridized carbons (Fsp3) is 0.833. The average molecular weight is 562 g/mol. The van der Waals surface area contributed by atoms with Crippen LogP contribution < -0.4 is 0 Å². The van der Waals surface area contributed by atoms with Crippen LogP contribution in [0.25, 0.3) is 0 Å². The molecule has 0 radical (unpaired) electrons. The Morgan fingerprint density at radius 1 is 0.943 bits per heavy atom. The van der Waals surface area contributed by atoms with E-state index in [1.165, 1.54) is 0 Å². The number of sulfonamides is 1. The third-order valence-electron chi connectivity index (χ3n) is 5.86. The summed E-state index contributed by atoms with van der Waals surface area (Å²) in [6, 6.07) is 0. The van der Waals surface area contributed by atoms with Crippen LogP contribution in [0.15, 0.2) is 0 Å². The highest BCUT2D eigenvalue weighted by molar-refractivity contribution is 7.94. The van der Waals surface area contributed by atoms with Crippen molar-refractivity contribution in [2.24, 2.45) is 5.41 Å². The number of amides is 1. The van der Waals surface area contributed by atoms with Crippen LogP contribution in [-0.4, -0.2) is 91.6 Å². The Balaban J connectivity index is 2.90. The molecule has 1 N–H and O–H groups in total. The zero-order valence-corrected chi connectivity index (χ0v) is 20.7. The fourth-order valence-electron chi connectivity index (χ4n) is 3.04. The molecular formula is C18H27F6N2O7S2-. The maximum Gasteiger partial charge on any atom is 0.428 e. The van der Waals surface area contributed by atoms with Crippen LogP contribution in [0.5, 0.6) is 0 Å². The monoisotopic (exact) mass is 561 g/mol. The largest absolute Gasteiger partial charge is 0.428 e. The zero-order valence-electron chi connectivity index (χ0n) is 19.1. The van der Waals surface area contributed by atoms with Crippen molar-refractivity contribution in [2.75, 3.05) is 26.2 Å². The van der Waals surface area contributed by atoms with Crippen molar-refractivity contribution in [1.29, 1.82) is 0 Å². The molecule has 1 unspecified atom stereocenters. The van der Waals surface area contributed by atoms with Gasteiger partial charge in [0.2, 0.25) is 5.91 Å². The third kappa shape index (κ3) is 5.77. The van der Waals surface area contributed by atoms with Gasteiger partial charge < -0.3 is 10.0 Å². The Morgan fingerprint density at radius 2 is 1.40 bits per heavy atom. The van der Waals surface area contributed by atoms with Gasteiger partial charge in [0.15, 0.2) is 5.78 Å². The number of nitrogens with zero attached hydrogens (tertiary/aromatic N) is 2. The van der Waals surface area contributed by atoms with Crippen LogP contribution in [0, 0.1) is 11.7 Å². The summed E-state index contributed by atoms with van der Waals surface area (Å²) in [6.45, 7) is 1.78. The van der Waals surface area contributed by atoms with Crippen molar-refractivity contribution in [2.45, 2.75) is 62.6 Å². The predicted molar refractivity (Wildman–Crippen MR) is 111 cm³/mol. The Bertz CT molecular complexity index is 1020. The Hall–Kier alpha value is -1.46. The highest BCUT2D eigenvalue weighted by atomic mass is 32.2. The number of carbonyl (C=O) groups is 2. The molecule has 17 heteroatoms. The lowest BCUT2D eigenvalue weighted by molar-refractivity contribution is -0.244. The highest BCUT2D eigenvalue weighted by Gasteiger charge is 2.80. The van der Waals surface area contributed by atoms with Crippen molar-refractivity contribution in [1.82, 2.24) is 9.21 Å². The summed E-state index contributed by atoms with van der Waals surface area (Å²) >= 11 is 0. The number of rotatable bonds is 11. The first-order valence-corrected chi connectivity index (χ1v) is 13.3. The highest BCUT2D eigenvalue weighted by Crippen LogP contribution is 2.51. The van der Waals surface area contributed by atoms with E-state index in [9.17, 15) is 57.9 Å². The predicted octanol–water partition coefficient (Wildman–Crippen LogP) is 1.63. The van der Waals surface area contributed by atoms with Gasteiger partial charge in [-0.15, -0.1) is 0 Å². The lowest BCUT2D eigenvalue weighted by Crippen LogP contribution is -2.64. The molecule has 1 heterocycles. The van der Waals surface area contributed by atoms with E-state index < -0.39 is 85.7 Å². The van der Waals surface area contributed by atoms with Crippen molar-refractivity contribution in [3.8, 4) is 0 Å². The summed E-state index contributed by atoms with van der Waals surface area (Å²) in [4.78, 5) is 25.4. The van der Waals surface area contributed by atoms with Crippen molar-refractivity contribution >= 4 is 31.6 Å². The van der Waals surface area contributed by atoms with Gasteiger partial charge in [-0.05, 0) is 12.8 Å². The molecule has 0 aromatic heterocycles. The van der Waals surface area contributed by atoms with Gasteiger partial charge in [-0.25, -0.2) is 14.7 Å². The number of hydrogen-bond acceptors (Lipinski definition) is 7. The fourth-order valence-corrected chi connectivity index (χ4v) is 5.05. The second-order valence-electron chi connectivity index (χ2n) is 8.66. The molecule has 0 saturated carbocycles. The van der Waals surface area contributed by atoms with E-state index in [1.807, 2.05) is 0 Å². The van der Waals surface area contributed by atoms with Crippen LogP contribution >= 0.6 is 0 Å². The van der Waals surface area contributed by atoms with Gasteiger partial charge in [-0.1, -0.05) is 20.8 Å². The normalized spacial score (nSPS) is 18.4. The lowest BCUT2D eigenvalue weighted by atomic mass is 9.82. The average Bonchev–Trinajstić information content (AvgIpc) is 2.75. The summed E-state index contributed by atoms with van der Waals surface area (Å²) in [6.07, 6.45) is 0.0193. The van der Waals surface area contributed by atoms with E-state index in [4.69, 9.17) is 0 Å². The standard InChI is InChI=1S/C18H27F6N2O7S2/c1-5-15(2,3)14(29)12(27)6-7-13(28)25-8-10-26(11-9-25)35(32,33)18(23,24)16(19,20)17(21,22)34(4,30)31/h12,27H,4-11H2,1-3H3/q-1. The Kier molecular flexibility index (Phi) is 9.13. The van der Waals surface area contributed by atoms with Gasteiger partial charge in [0, 0.05) is 38.0 Å². The number of hydrogen-bond donors (Lipinski definition) is 1. The molecule has 0 aliphatic carbocycles. The van der Waals surface area contributed by atoms with Crippen LogP contribution in [0.4, 0.5) is 26.3 Å². The molecule has 0 spiro atoms. The maximum atomic E-state index is 14.2. The Labute approximate surface area is 199 Å². The van der Waals surface area contributed by atoms with Gasteiger partial charge in [-0.2, -0.15) is 30.6 Å². The molecule has 1 amide bonds. The summed E-state index contributed by atoms with van der Waals surface area (Å²) in [5, 5.41) is -3.03. The smallest absolute Gasteiger partial charge is 0.385 e. The van der Waals surface area contributed by atoms with E-state index >= 15 is 0 Å². The molecule has 0 aromatic carbocycles. The zero-order chi connectivity index (χ0) is 27.8. The van der Waals surface area contributed by atoms with Crippen molar-refractivity contribution < 1.29 is 57.9 Å². The summed E-state index contributed by atoms with van der Waals surface area (Å²) < 4.78 is 129. The quantitative estimate of drug-likeness (QED) is 0.300. The molecule has 9 nitrogen and oxygen atoms in total. The van der Waals surface area contributed by atoms with Crippen LogP contribution in [-0.2, 0) is 29.4 Å². The lowest BCUT2D eigenvalue weighted by Gasteiger charge is -2.38. The topological polar surface area (TPSA) is 129 Å². The summed E-state index contributed by atoms with van der Waals surface area (Å²) in [5.41, 5.74) is -0.848. The molecule has 1 fully saturated rings. The number of sulfone groups is 1. The number of alkyl halides is 6. The molecule has 0 aromatic rings. The molecule has 206 valence electrons. The van der Waals surface area contributed by atoms with Gasteiger partial charge in [0.05, 0.1) is 9.84 Å². The van der Waals surface area contributed by atoms with E-state index in [2.05, 4.69) is 0 Å². The molecule has 1 rings (SSSR count). The number of Topliss-reactive ketones (excluding diaryl/α,β-unsaturated/α-hetero) is 1. The minimum Gasteiger partial charge on any atom is -0.385 e. The first-order chi connectivity index (χ1) is 15.5. The number of piperazine rings is 1. The van der Waals surface area contributed by atoms with Gasteiger partial charge >= 0.3 is 16.4 Å². The summed E-state index contributed by atoms with van der Waals surface area (Å²) in [5.74, 6) is -8.07. The van der Waals surface area contributed by atoms with Crippen LogP contribution in [0.3, 0.4) is 0 Å². The van der Waals surface area contributed by atoms with Crippen molar-refractivity contribution in [3.05, 3.63) is 6.26 Å². The summed E-state index contributed by atoms with van der Waals surface area (Å²) in [7, 11) is -12.9. The van der Waals surface area contributed by atoms with Gasteiger partial charge in [-0.3, -0.25) is 18.0 Å². The third-order valence-corrected chi connectivity index (χ3v) is 8.85. The van der Waals surface area contributed by atoms with E-state index in [-0.39, 0.29) is 17.1 Å². The first-order valence-electron chi connectivity index (χ1n) is 10.2. The maximum absolute atomic E-state index is 14.2. The second-order valence-corrected chi connectivity index (χ2v) is 12.4. The molecule has 1 aliphatic heterocycles. The van der Waals surface area contributed by atoms with E-state index in [1.54, 1.807) is 27.0 Å². The molecule has 35 heavy (non-hydrogen) atoms. The molecular weight excluding hydrogens is 534 g/mol. The SMILES string of the molecule is [CH2-]S(=O)(=O)C(F)(F)C(F)(F)C(F)(F)S(=O)(=O)N1CCN(C(=O)CCC(O)C(=O)C(C)(C)CC)CC1. The van der Waals surface area contributed by atoms with Gasteiger partial charge in [0.25, 0.3) is 10.0 Å². The Morgan fingerprint density at radius 3 is 1.80 bits per heavy atom. The molecule has 1 atom stereocenters. The number of ketones is 1. The van der Waals surface area contributed by atoms with Crippen LogP contribution in [0.1, 0.15) is 40.0 Å². The van der Waals surface area contributed by atoms with Crippen molar-refractivity contribution in [3.63, 3.8) is 0 Å². The molecule has 0 bridgehead atoms. The number of aliphatic hydroxyl groups is 1. The second kappa shape index (κ2) is 10.1.